The monoisotopic (exact) mass is 1070 g/mol. The molecule has 3 fully saturated rings. The highest BCUT2D eigenvalue weighted by Gasteiger charge is 2.44. The summed E-state index contributed by atoms with van der Waals surface area (Å²) in [7, 11) is 2.42. The van der Waals surface area contributed by atoms with Crippen LogP contribution >= 0.6 is 51.8 Å². The maximum absolute atomic E-state index is 16.9. The van der Waals surface area contributed by atoms with Crippen molar-refractivity contribution >= 4 is 86.7 Å². The molecule has 1 aliphatic carbocycles. The first kappa shape index (κ1) is 54.1. The minimum absolute atomic E-state index is 0. The van der Waals surface area contributed by atoms with E-state index in [1.54, 1.807) is 33.5 Å². The van der Waals surface area contributed by atoms with Gasteiger partial charge in [0.15, 0.2) is 0 Å². The van der Waals surface area contributed by atoms with Crippen LogP contribution in [-0.4, -0.2) is 103 Å². The van der Waals surface area contributed by atoms with Gasteiger partial charge < -0.3 is 44.6 Å². The molecule has 72 heavy (non-hydrogen) atoms. The van der Waals surface area contributed by atoms with E-state index in [-0.39, 0.29) is 58.4 Å². The molecular weight excluding hydrogens is 1000 g/mol. The third-order valence-electron chi connectivity index (χ3n) is 13.8. The lowest BCUT2D eigenvalue weighted by Gasteiger charge is -2.32. The van der Waals surface area contributed by atoms with E-state index in [4.69, 9.17) is 14.5 Å². The first-order valence-electron chi connectivity index (χ1n) is 23.5. The van der Waals surface area contributed by atoms with Gasteiger partial charge in [-0.25, -0.2) is 28.3 Å². The van der Waals surface area contributed by atoms with Crippen LogP contribution in [-0.2, 0) is 19.1 Å². The van der Waals surface area contributed by atoms with Crippen molar-refractivity contribution in [2.24, 2.45) is 5.92 Å². The second-order valence-electron chi connectivity index (χ2n) is 19.2. The Morgan fingerprint density at radius 1 is 0.792 bits per heavy atom. The second-order valence-corrected chi connectivity index (χ2v) is 20.4. The molecule has 4 aliphatic rings. The number of amides is 4. The zero-order valence-electron chi connectivity index (χ0n) is 40.7. The normalized spacial score (nSPS) is 19.0. The average molecular weight is 1070 g/mol. The number of hydrogen-bond acceptors (Lipinski definition) is 10. The zero-order valence-corrected chi connectivity index (χ0v) is 44.5. The van der Waals surface area contributed by atoms with E-state index < -0.39 is 53.9 Å². The predicted molar refractivity (Wildman–Crippen MR) is 285 cm³/mol. The third kappa shape index (κ3) is 10.1. The zero-order chi connectivity index (χ0) is 48.5. The number of aromatic nitrogens is 5. The van der Waals surface area contributed by atoms with E-state index in [0.29, 0.717) is 83.9 Å². The lowest BCUT2D eigenvalue weighted by atomic mass is 9.99. The average Bonchev–Trinajstić information content (AvgIpc) is 4.05. The number of imidazole rings is 2. The minimum Gasteiger partial charge on any atom is -0.464 e. The Bertz CT molecular complexity index is 2980. The van der Waals surface area contributed by atoms with Crippen LogP contribution < -0.4 is 15.4 Å². The van der Waals surface area contributed by atoms with Crippen molar-refractivity contribution in [2.45, 2.75) is 108 Å². The largest absolute Gasteiger partial charge is 0.464 e. The van der Waals surface area contributed by atoms with Crippen LogP contribution in [0.1, 0.15) is 112 Å². The summed E-state index contributed by atoms with van der Waals surface area (Å²) >= 11 is 1.71. The van der Waals surface area contributed by atoms with Gasteiger partial charge in [-0.2, -0.15) is 40.5 Å². The first-order chi connectivity index (χ1) is 33.1. The van der Waals surface area contributed by atoms with E-state index in [1.165, 1.54) is 31.9 Å². The number of rotatable bonds is 12. The Hall–Kier alpha value is -5.71. The van der Waals surface area contributed by atoms with Crippen LogP contribution in [0.25, 0.3) is 44.7 Å². The Morgan fingerprint density at radius 3 is 1.99 bits per heavy atom. The number of ether oxygens (including phenoxy) is 3. The van der Waals surface area contributed by atoms with Crippen LogP contribution in [0.15, 0.2) is 60.9 Å². The molecule has 10 rings (SSSR count). The van der Waals surface area contributed by atoms with Crippen LogP contribution in [0.2, 0.25) is 0 Å². The fourth-order valence-electron chi connectivity index (χ4n) is 10.1. The van der Waals surface area contributed by atoms with E-state index in [1.807, 2.05) is 44.2 Å². The number of alkyl halides is 1. The molecule has 2 saturated heterocycles. The molecule has 5 atom stereocenters. The molecular formula is C50H61F2N9O7S4. The maximum atomic E-state index is 16.9. The smallest absolute Gasteiger partial charge is 0.407 e. The second kappa shape index (κ2) is 21.4. The highest BCUT2D eigenvalue weighted by atomic mass is 32.1. The SMILES string of the molecule is COC(=O)NC(C(=O)N1CCC[C@H]1c1ncc(-c2ccc3c(c2)cc2n3C(c3ccc(C4CC4)s3)Oc3cc(-c4cnc([C@@H]5CCCN5C(=O)[C@@H](NC(=O)OC)C(C)C)[nH]4)cc(F)c3-2)[nH]1)C(C)(C)F.S.S.S. The van der Waals surface area contributed by atoms with Crippen molar-refractivity contribution in [3.8, 4) is 39.5 Å². The third-order valence-corrected chi connectivity index (χ3v) is 15.1. The number of carbonyl (C=O) groups excluding carboxylic acids is 4. The van der Waals surface area contributed by atoms with Crippen molar-refractivity contribution in [1.29, 1.82) is 0 Å². The summed E-state index contributed by atoms with van der Waals surface area (Å²) in [4.78, 5) is 73.6. The van der Waals surface area contributed by atoms with Crippen molar-refractivity contribution in [3.63, 3.8) is 0 Å². The number of aromatic amines is 2. The summed E-state index contributed by atoms with van der Waals surface area (Å²) in [6.07, 6.45) is 6.18. The fourth-order valence-corrected chi connectivity index (χ4v) is 11.3. The molecule has 2 unspecified atom stereocenters. The summed E-state index contributed by atoms with van der Waals surface area (Å²) in [5.74, 6) is 0.572. The summed E-state index contributed by atoms with van der Waals surface area (Å²) in [5, 5.41) is 5.90. The van der Waals surface area contributed by atoms with Gasteiger partial charge >= 0.3 is 12.2 Å². The van der Waals surface area contributed by atoms with Gasteiger partial charge in [-0.05, 0) is 107 Å². The number of methoxy groups -OCH3 is 2. The molecule has 3 aliphatic heterocycles. The van der Waals surface area contributed by atoms with Crippen LogP contribution in [0.4, 0.5) is 18.4 Å². The van der Waals surface area contributed by atoms with Gasteiger partial charge in [-0.1, -0.05) is 19.9 Å². The van der Waals surface area contributed by atoms with Crippen molar-refractivity contribution in [3.05, 3.63) is 88.1 Å². The highest BCUT2D eigenvalue weighted by molar-refractivity contribution is 7.59. The van der Waals surface area contributed by atoms with Gasteiger partial charge in [0.25, 0.3) is 0 Å². The highest BCUT2D eigenvalue weighted by Crippen LogP contribution is 2.50. The number of fused-ring (bicyclic) bond motifs is 5. The van der Waals surface area contributed by atoms with E-state index in [0.717, 1.165) is 47.7 Å². The Labute approximate surface area is 440 Å². The van der Waals surface area contributed by atoms with Gasteiger partial charge in [0, 0.05) is 34.5 Å². The molecule has 4 amide bonds. The number of thiophene rings is 1. The number of alkyl carbamates (subject to hydrolysis) is 2. The van der Waals surface area contributed by atoms with Crippen LogP contribution in [0, 0.1) is 11.7 Å². The van der Waals surface area contributed by atoms with Crippen LogP contribution in [0.5, 0.6) is 5.75 Å². The Kier molecular flexibility index (Phi) is 16.1. The van der Waals surface area contributed by atoms with Gasteiger partial charge in [0.1, 0.15) is 41.0 Å². The lowest BCUT2D eigenvalue weighted by molar-refractivity contribution is -0.138. The minimum atomic E-state index is -2.06. The van der Waals surface area contributed by atoms with Crippen molar-refractivity contribution < 1.29 is 42.2 Å². The maximum Gasteiger partial charge on any atom is 0.407 e. The molecule has 22 heteroatoms. The van der Waals surface area contributed by atoms with Gasteiger partial charge in [-0.15, -0.1) is 11.3 Å². The number of halogens is 2. The quantitative estimate of drug-likeness (QED) is 0.0925. The molecule has 16 nitrogen and oxygen atoms in total. The van der Waals surface area contributed by atoms with Crippen LogP contribution in [0.3, 0.4) is 0 Å². The molecule has 0 bridgehead atoms. The Balaban J connectivity index is 0.00000253. The molecule has 4 N–H and O–H groups in total. The van der Waals surface area contributed by atoms with Crippen molar-refractivity contribution in [2.75, 3.05) is 27.3 Å². The molecule has 2 aromatic carbocycles. The molecule has 7 heterocycles. The van der Waals surface area contributed by atoms with Gasteiger partial charge in [0.05, 0.1) is 71.7 Å². The number of nitrogens with zero attached hydrogens (tertiary/aromatic N) is 5. The van der Waals surface area contributed by atoms with Crippen molar-refractivity contribution in [1.82, 2.24) is 44.9 Å². The predicted octanol–water partition coefficient (Wildman–Crippen LogP) is 9.62. The molecule has 1 saturated carbocycles. The molecule has 0 spiro atoms. The molecule has 386 valence electrons. The number of carbonyl (C=O) groups is 4. The number of likely N-dealkylation sites (tertiary alicyclic amines) is 2. The number of nitrogens with one attached hydrogen (secondary N) is 4. The molecule has 0 radical (unpaired) electrons. The number of H-pyrrole nitrogens is 2. The van der Waals surface area contributed by atoms with Gasteiger partial charge in [-0.3, -0.25) is 14.2 Å². The van der Waals surface area contributed by atoms with E-state index in [9.17, 15) is 19.2 Å². The summed E-state index contributed by atoms with van der Waals surface area (Å²) in [6.45, 7) is 7.09. The molecule has 6 aromatic rings. The topological polar surface area (TPSA) is 189 Å². The number of hydrogen-bond donors (Lipinski definition) is 4. The van der Waals surface area contributed by atoms with E-state index in [2.05, 4.69) is 47.0 Å². The fraction of sp³-hybridized carbons (Fsp3) is 0.440. The summed E-state index contributed by atoms with van der Waals surface area (Å²) in [6, 6.07) is 12.5. The first-order valence-corrected chi connectivity index (χ1v) is 24.3. The summed E-state index contributed by atoms with van der Waals surface area (Å²) < 4.78 is 50.6. The number of benzene rings is 2. The molecule has 4 aromatic heterocycles. The van der Waals surface area contributed by atoms with E-state index >= 15 is 8.78 Å². The van der Waals surface area contributed by atoms with Gasteiger partial charge in [0.2, 0.25) is 18.0 Å². The Morgan fingerprint density at radius 2 is 1.39 bits per heavy atom. The standard InChI is InChI=1S/C50H55F2N9O7S.3H2S/c1-25(2)41(57-48(64)66-5)45(62)59-17-7-9-34(59)43-54-24-32(56-43)28-20-30(51)40-36-21-29-19-27(13-14-33(29)61(36)47(68-37(40)22-28)39-16-15-38(69-39)26-11-12-26)31-23-53-44(55-31)35-10-8-18-60(35)46(63)42(50(3,4)52)58-49(65)67-6;;;/h13-16,19-26,34-35,41-42,47H,7-12,17-18H2,1-6H3,(H,53,55)(H,54,56)(H,57,64)(H,58,65);3*1H2/t34-,35-,41-,42?,47?;;;/m0.../s1. The summed E-state index contributed by atoms with van der Waals surface area (Å²) in [5.41, 5.74) is 2.37. The lowest BCUT2D eigenvalue weighted by Crippen LogP contribution is -2.56.